The smallest absolute Gasteiger partial charge is 0.336 e. The van der Waals surface area contributed by atoms with Gasteiger partial charge in [-0.3, -0.25) is 4.79 Å². The third-order valence-corrected chi connectivity index (χ3v) is 6.76. The molecule has 6 nitrogen and oxygen atoms in total. The van der Waals surface area contributed by atoms with Crippen molar-refractivity contribution in [3.8, 4) is 0 Å². The van der Waals surface area contributed by atoms with Gasteiger partial charge in [0.25, 0.3) is 0 Å². The summed E-state index contributed by atoms with van der Waals surface area (Å²) < 4.78 is 11.1. The summed E-state index contributed by atoms with van der Waals surface area (Å²) in [5.41, 5.74) is 0.279. The van der Waals surface area contributed by atoms with Crippen LogP contribution in [0.15, 0.2) is 22.8 Å². The molecule has 0 spiro atoms. The van der Waals surface area contributed by atoms with E-state index in [0.29, 0.717) is 24.0 Å². The Labute approximate surface area is 153 Å². The first-order valence-electron chi connectivity index (χ1n) is 9.09. The molecule has 2 aliphatic carbocycles. The molecule has 0 aromatic heterocycles. The predicted molar refractivity (Wildman–Crippen MR) is 92.7 cm³/mol. The van der Waals surface area contributed by atoms with Crippen LogP contribution in [0.4, 0.5) is 0 Å². The first-order chi connectivity index (χ1) is 12.1. The summed E-state index contributed by atoms with van der Waals surface area (Å²) in [6, 6.07) is 0. The number of allylic oxidation sites excluding steroid dienone is 1. The number of aliphatic hydroxyl groups is 1. The molecule has 1 aliphatic heterocycles. The molecule has 0 amide bonds. The molecule has 6 heteroatoms. The van der Waals surface area contributed by atoms with E-state index in [1.807, 2.05) is 13.8 Å². The largest absolute Gasteiger partial charge is 0.454 e. The van der Waals surface area contributed by atoms with Crippen LogP contribution >= 0.6 is 0 Å². The maximum absolute atomic E-state index is 12.5. The quantitative estimate of drug-likeness (QED) is 0.599. The molecule has 0 radical (unpaired) electrons. The number of carbonyl (C=O) groups is 3. The second-order valence-corrected chi connectivity index (χ2v) is 7.96. The van der Waals surface area contributed by atoms with E-state index in [9.17, 15) is 19.5 Å². The zero-order chi connectivity index (χ0) is 19.4. The number of esters is 2. The number of ether oxygens (including phenoxy) is 2. The fraction of sp³-hybridized carbons (Fsp3) is 0.650. The van der Waals surface area contributed by atoms with Crippen molar-refractivity contribution in [2.75, 3.05) is 0 Å². The Morgan fingerprint density at radius 3 is 2.65 bits per heavy atom. The van der Waals surface area contributed by atoms with Crippen LogP contribution in [0.1, 0.15) is 53.9 Å². The van der Waals surface area contributed by atoms with Gasteiger partial charge >= 0.3 is 11.9 Å². The fourth-order valence-corrected chi connectivity index (χ4v) is 4.70. The Balaban J connectivity index is 2.15. The summed E-state index contributed by atoms with van der Waals surface area (Å²) in [4.78, 5) is 37.2. The van der Waals surface area contributed by atoms with E-state index in [4.69, 9.17) is 9.47 Å². The number of fused-ring (bicyclic) bond motifs is 2. The third kappa shape index (κ3) is 2.46. The van der Waals surface area contributed by atoms with Crippen LogP contribution in [-0.4, -0.2) is 34.7 Å². The third-order valence-electron chi connectivity index (χ3n) is 6.76. The molecule has 3 aliphatic rings. The highest BCUT2D eigenvalue weighted by atomic mass is 16.7. The molecule has 5 atom stereocenters. The Morgan fingerprint density at radius 2 is 2.04 bits per heavy atom. The monoisotopic (exact) mass is 362 g/mol. The predicted octanol–water partition coefficient (Wildman–Crippen LogP) is 2.45. The van der Waals surface area contributed by atoms with Crippen molar-refractivity contribution in [3.63, 3.8) is 0 Å². The zero-order valence-corrected chi connectivity index (χ0v) is 15.9. The minimum absolute atomic E-state index is 0.105. The van der Waals surface area contributed by atoms with Crippen LogP contribution in [0.5, 0.6) is 0 Å². The fourth-order valence-electron chi connectivity index (χ4n) is 4.70. The second kappa shape index (κ2) is 6.05. The van der Waals surface area contributed by atoms with Crippen LogP contribution in [0, 0.1) is 17.3 Å². The summed E-state index contributed by atoms with van der Waals surface area (Å²) in [5.74, 6) is -3.24. The number of ketones is 1. The van der Waals surface area contributed by atoms with Crippen LogP contribution in [0.25, 0.3) is 0 Å². The second-order valence-electron chi connectivity index (χ2n) is 7.96. The van der Waals surface area contributed by atoms with Crippen molar-refractivity contribution in [2.24, 2.45) is 17.3 Å². The molecule has 2 saturated carbocycles. The summed E-state index contributed by atoms with van der Waals surface area (Å²) >= 11 is 0. The van der Waals surface area contributed by atoms with E-state index < -0.39 is 29.2 Å². The first-order valence-corrected chi connectivity index (χ1v) is 9.09. The maximum Gasteiger partial charge on any atom is 0.336 e. The average Bonchev–Trinajstić information content (AvgIpc) is 2.81. The van der Waals surface area contributed by atoms with Crippen molar-refractivity contribution < 1.29 is 29.0 Å². The average molecular weight is 362 g/mol. The number of hydrogen-bond acceptors (Lipinski definition) is 6. The van der Waals surface area contributed by atoms with E-state index in [-0.39, 0.29) is 29.6 Å². The molecular formula is C20H26O6. The van der Waals surface area contributed by atoms with Crippen molar-refractivity contribution in [3.05, 3.63) is 22.8 Å². The molecular weight excluding hydrogens is 336 g/mol. The van der Waals surface area contributed by atoms with Gasteiger partial charge in [-0.25, -0.2) is 9.59 Å². The van der Waals surface area contributed by atoms with Gasteiger partial charge in [0.15, 0.2) is 0 Å². The van der Waals surface area contributed by atoms with E-state index in [1.54, 1.807) is 26.8 Å². The molecule has 2 fully saturated rings. The Morgan fingerprint density at radius 1 is 1.38 bits per heavy atom. The summed E-state index contributed by atoms with van der Waals surface area (Å²) in [7, 11) is 0. The highest BCUT2D eigenvalue weighted by Crippen LogP contribution is 2.59. The Bertz CT molecular complexity index is 747. The van der Waals surface area contributed by atoms with Crippen LogP contribution in [0.2, 0.25) is 0 Å². The SMILES string of the molecule is C/C=C(/C)C(=O)OC1C2=C(C)C(=O)OC2(O)CC2CCC(=O)C(C)C21C. The summed E-state index contributed by atoms with van der Waals surface area (Å²) in [5, 5.41) is 11.0. The number of hydrogen-bond donors (Lipinski definition) is 1. The molecule has 1 heterocycles. The number of carbonyl (C=O) groups excluding carboxylic acids is 3. The van der Waals surface area contributed by atoms with Gasteiger partial charge in [-0.2, -0.15) is 0 Å². The lowest BCUT2D eigenvalue weighted by molar-refractivity contribution is -0.224. The molecule has 0 aromatic carbocycles. The lowest BCUT2D eigenvalue weighted by atomic mass is 9.52. The highest BCUT2D eigenvalue weighted by molar-refractivity contribution is 5.93. The van der Waals surface area contributed by atoms with Gasteiger partial charge in [-0.15, -0.1) is 0 Å². The minimum atomic E-state index is -1.76. The van der Waals surface area contributed by atoms with Gasteiger partial charge in [0, 0.05) is 35.3 Å². The van der Waals surface area contributed by atoms with Gasteiger partial charge in [-0.05, 0) is 33.1 Å². The first kappa shape index (κ1) is 18.8. The van der Waals surface area contributed by atoms with Crippen molar-refractivity contribution in [1.82, 2.24) is 0 Å². The van der Waals surface area contributed by atoms with Crippen molar-refractivity contribution in [2.45, 2.75) is 65.8 Å². The number of Topliss-reactive ketones (excluding diaryl/α,β-unsaturated/α-hetero) is 1. The summed E-state index contributed by atoms with van der Waals surface area (Å²) in [6.45, 7) is 8.71. The van der Waals surface area contributed by atoms with Gasteiger partial charge in [0.05, 0.1) is 5.57 Å². The van der Waals surface area contributed by atoms with E-state index in [0.717, 1.165) is 0 Å². The van der Waals surface area contributed by atoms with E-state index in [2.05, 4.69) is 0 Å². The van der Waals surface area contributed by atoms with Gasteiger partial charge in [0.1, 0.15) is 11.9 Å². The van der Waals surface area contributed by atoms with Gasteiger partial charge in [-0.1, -0.05) is 19.9 Å². The lowest BCUT2D eigenvalue weighted by Gasteiger charge is -2.55. The molecule has 26 heavy (non-hydrogen) atoms. The molecule has 0 bridgehead atoms. The van der Waals surface area contributed by atoms with Crippen molar-refractivity contribution in [1.29, 1.82) is 0 Å². The molecule has 5 unspecified atom stereocenters. The molecule has 0 saturated heterocycles. The number of rotatable bonds is 2. The molecule has 142 valence electrons. The minimum Gasteiger partial charge on any atom is -0.454 e. The lowest BCUT2D eigenvalue weighted by Crippen LogP contribution is -2.61. The zero-order valence-electron chi connectivity index (χ0n) is 15.9. The maximum atomic E-state index is 12.5. The molecule has 3 rings (SSSR count). The Kier molecular flexibility index (Phi) is 4.38. The highest BCUT2D eigenvalue weighted by Gasteiger charge is 2.65. The van der Waals surface area contributed by atoms with Crippen LogP contribution in [0.3, 0.4) is 0 Å². The van der Waals surface area contributed by atoms with Crippen molar-refractivity contribution >= 4 is 17.7 Å². The summed E-state index contributed by atoms with van der Waals surface area (Å²) in [6.07, 6.45) is 1.96. The van der Waals surface area contributed by atoms with Gasteiger partial charge < -0.3 is 14.6 Å². The topological polar surface area (TPSA) is 89.9 Å². The van der Waals surface area contributed by atoms with Gasteiger partial charge in [0.2, 0.25) is 5.79 Å². The standard InChI is InChI=1S/C20H26O6/c1-6-10(2)17(22)25-16-15-11(3)18(23)26-20(15,24)9-13-7-8-14(21)12(4)19(13,16)5/h6,12-13,16,24H,7-9H2,1-5H3/b10-6-. The molecule has 1 N–H and O–H groups in total. The Hall–Kier alpha value is -1.95. The van der Waals surface area contributed by atoms with E-state index in [1.165, 1.54) is 0 Å². The van der Waals surface area contributed by atoms with E-state index >= 15 is 0 Å². The molecule has 0 aromatic rings. The van der Waals surface area contributed by atoms with Crippen LogP contribution in [-0.2, 0) is 23.9 Å². The van der Waals surface area contributed by atoms with Crippen LogP contribution < -0.4 is 0 Å². The normalized spacial score (nSPS) is 40.1.